The Labute approximate surface area is 142 Å². The number of rotatable bonds is 10. The Morgan fingerprint density at radius 3 is 2.35 bits per heavy atom. The van der Waals surface area contributed by atoms with E-state index in [2.05, 4.69) is 51.4 Å². The summed E-state index contributed by atoms with van der Waals surface area (Å²) in [6.45, 7) is 10.3. The van der Waals surface area contributed by atoms with Crippen molar-refractivity contribution in [3.8, 4) is 0 Å². The number of nitrogens with one attached hydrogen (secondary N) is 1. The van der Waals surface area contributed by atoms with Crippen LogP contribution in [0.3, 0.4) is 0 Å². The van der Waals surface area contributed by atoms with Gasteiger partial charge in [-0.1, -0.05) is 34.9 Å². The standard InChI is InChI=1S/C20H35NO2/c1-17(2)9-7-10-18(3)11-8-12-19(4)14-15-21-23-20-13-5-6-16-22-20/h9,11,14,20-21H,5-8,10,12-13,15-16H2,1-4H3/b18-11+,19-14+. The van der Waals surface area contributed by atoms with E-state index in [1.165, 1.54) is 29.6 Å². The van der Waals surface area contributed by atoms with E-state index in [4.69, 9.17) is 9.57 Å². The molecule has 1 rings (SSSR count). The van der Waals surface area contributed by atoms with Crippen LogP contribution in [0.5, 0.6) is 0 Å². The highest BCUT2D eigenvalue weighted by atomic mass is 16.8. The summed E-state index contributed by atoms with van der Waals surface area (Å²) in [6.07, 6.45) is 14.7. The fourth-order valence-electron chi connectivity index (χ4n) is 2.50. The van der Waals surface area contributed by atoms with Crippen molar-refractivity contribution in [3.63, 3.8) is 0 Å². The number of allylic oxidation sites excluding steroid dienone is 5. The maximum atomic E-state index is 5.51. The van der Waals surface area contributed by atoms with Crippen molar-refractivity contribution < 1.29 is 9.57 Å². The Balaban J connectivity index is 2.09. The molecule has 0 amide bonds. The highest BCUT2D eigenvalue weighted by molar-refractivity contribution is 5.05. The van der Waals surface area contributed by atoms with Crippen LogP contribution in [0.15, 0.2) is 34.9 Å². The Morgan fingerprint density at radius 2 is 1.70 bits per heavy atom. The largest absolute Gasteiger partial charge is 0.351 e. The minimum Gasteiger partial charge on any atom is -0.351 e. The van der Waals surface area contributed by atoms with Crippen LogP contribution in [-0.2, 0) is 9.57 Å². The van der Waals surface area contributed by atoms with Crippen LogP contribution in [0.2, 0.25) is 0 Å². The smallest absolute Gasteiger partial charge is 0.177 e. The van der Waals surface area contributed by atoms with Gasteiger partial charge in [0.25, 0.3) is 0 Å². The molecule has 0 aromatic carbocycles. The van der Waals surface area contributed by atoms with E-state index in [1.807, 2.05) is 0 Å². The highest BCUT2D eigenvalue weighted by Gasteiger charge is 2.13. The second-order valence-electron chi connectivity index (χ2n) is 6.72. The molecule has 0 aromatic rings. The number of hydrogen-bond acceptors (Lipinski definition) is 3. The van der Waals surface area contributed by atoms with Crippen LogP contribution in [0.4, 0.5) is 0 Å². The molecular formula is C20H35NO2. The number of hydrogen-bond donors (Lipinski definition) is 1. The summed E-state index contributed by atoms with van der Waals surface area (Å²) >= 11 is 0. The minimum atomic E-state index is -0.0659. The SMILES string of the molecule is CC(C)=CCC/C(C)=C/CC/C(C)=C/CNOC1CCCCO1. The third-order valence-electron chi connectivity index (χ3n) is 4.01. The fraction of sp³-hybridized carbons (Fsp3) is 0.700. The molecule has 0 bridgehead atoms. The summed E-state index contributed by atoms with van der Waals surface area (Å²) in [5, 5.41) is 0. The van der Waals surface area contributed by atoms with Crippen LogP contribution in [0.25, 0.3) is 0 Å². The lowest BCUT2D eigenvalue weighted by molar-refractivity contribution is -0.194. The monoisotopic (exact) mass is 321 g/mol. The summed E-state index contributed by atoms with van der Waals surface area (Å²) in [5.41, 5.74) is 7.30. The third-order valence-corrected chi connectivity index (χ3v) is 4.01. The Bertz CT molecular complexity index is 400. The van der Waals surface area contributed by atoms with Crippen LogP contribution in [0, 0.1) is 0 Å². The third kappa shape index (κ3) is 11.3. The van der Waals surface area contributed by atoms with Gasteiger partial charge in [0.15, 0.2) is 6.29 Å². The molecule has 3 heteroatoms. The predicted octanol–water partition coefficient (Wildman–Crippen LogP) is 5.45. The zero-order chi connectivity index (χ0) is 16.9. The van der Waals surface area contributed by atoms with Gasteiger partial charge in [-0.3, -0.25) is 4.84 Å². The van der Waals surface area contributed by atoms with Gasteiger partial charge in [-0.25, -0.2) is 0 Å². The molecule has 0 aliphatic carbocycles. The van der Waals surface area contributed by atoms with Crippen LogP contribution in [-0.4, -0.2) is 19.4 Å². The number of hydroxylamine groups is 1. The first-order valence-electron chi connectivity index (χ1n) is 9.02. The molecule has 0 saturated carbocycles. The summed E-state index contributed by atoms with van der Waals surface area (Å²) in [4.78, 5) is 5.51. The normalized spacial score (nSPS) is 19.7. The molecule has 1 N–H and O–H groups in total. The molecule has 3 nitrogen and oxygen atoms in total. The molecule has 0 radical (unpaired) electrons. The van der Waals surface area contributed by atoms with E-state index in [0.29, 0.717) is 0 Å². The second kappa shape index (κ2) is 12.5. The fourth-order valence-corrected chi connectivity index (χ4v) is 2.50. The zero-order valence-corrected chi connectivity index (χ0v) is 15.5. The van der Waals surface area contributed by atoms with Gasteiger partial charge in [-0.2, -0.15) is 5.48 Å². The molecule has 132 valence electrons. The quantitative estimate of drug-likeness (QED) is 0.329. The molecule has 0 spiro atoms. The van der Waals surface area contributed by atoms with Gasteiger partial charge in [0.2, 0.25) is 0 Å². The van der Waals surface area contributed by atoms with Gasteiger partial charge in [-0.05, 0) is 66.2 Å². The zero-order valence-electron chi connectivity index (χ0n) is 15.5. The predicted molar refractivity (Wildman–Crippen MR) is 98.1 cm³/mol. The van der Waals surface area contributed by atoms with Crippen molar-refractivity contribution in [1.82, 2.24) is 5.48 Å². The van der Waals surface area contributed by atoms with E-state index in [1.54, 1.807) is 0 Å². The lowest BCUT2D eigenvalue weighted by Gasteiger charge is -2.22. The lowest BCUT2D eigenvalue weighted by Crippen LogP contribution is -2.29. The van der Waals surface area contributed by atoms with Gasteiger partial charge in [0.1, 0.15) is 0 Å². The lowest BCUT2D eigenvalue weighted by atomic mass is 10.1. The maximum absolute atomic E-state index is 5.51. The van der Waals surface area contributed by atoms with E-state index < -0.39 is 0 Å². The van der Waals surface area contributed by atoms with Gasteiger partial charge in [0.05, 0.1) is 0 Å². The highest BCUT2D eigenvalue weighted by Crippen LogP contribution is 2.13. The topological polar surface area (TPSA) is 30.5 Å². The summed E-state index contributed by atoms with van der Waals surface area (Å²) in [6, 6.07) is 0. The first kappa shape index (κ1) is 20.1. The molecule has 1 aliphatic rings. The maximum Gasteiger partial charge on any atom is 0.177 e. The Hall–Kier alpha value is -0.900. The molecule has 0 aromatic heterocycles. The van der Waals surface area contributed by atoms with Crippen molar-refractivity contribution in [3.05, 3.63) is 34.9 Å². The Kier molecular flexibility index (Phi) is 11.0. The van der Waals surface area contributed by atoms with Crippen molar-refractivity contribution in [2.75, 3.05) is 13.2 Å². The van der Waals surface area contributed by atoms with Crippen molar-refractivity contribution in [2.45, 2.75) is 78.9 Å². The molecule has 1 heterocycles. The van der Waals surface area contributed by atoms with Crippen LogP contribution < -0.4 is 5.48 Å². The average molecular weight is 322 g/mol. The van der Waals surface area contributed by atoms with E-state index in [0.717, 1.165) is 45.3 Å². The molecule has 1 aliphatic heterocycles. The number of ether oxygens (including phenoxy) is 1. The van der Waals surface area contributed by atoms with Gasteiger partial charge in [-0.15, -0.1) is 0 Å². The average Bonchev–Trinajstić information content (AvgIpc) is 2.52. The molecule has 1 fully saturated rings. The van der Waals surface area contributed by atoms with E-state index in [9.17, 15) is 0 Å². The van der Waals surface area contributed by atoms with Crippen molar-refractivity contribution in [1.29, 1.82) is 0 Å². The van der Waals surface area contributed by atoms with Gasteiger partial charge >= 0.3 is 0 Å². The van der Waals surface area contributed by atoms with E-state index in [-0.39, 0.29) is 6.29 Å². The summed E-state index contributed by atoms with van der Waals surface area (Å²) < 4.78 is 5.51. The second-order valence-corrected chi connectivity index (χ2v) is 6.72. The van der Waals surface area contributed by atoms with Gasteiger partial charge < -0.3 is 4.74 Å². The molecule has 1 unspecified atom stereocenters. The summed E-state index contributed by atoms with van der Waals surface area (Å²) in [5.74, 6) is 0. The Morgan fingerprint density at radius 1 is 1.00 bits per heavy atom. The first-order chi connectivity index (χ1) is 11.1. The van der Waals surface area contributed by atoms with Gasteiger partial charge in [0, 0.05) is 19.6 Å². The first-order valence-corrected chi connectivity index (χ1v) is 9.02. The molecule has 23 heavy (non-hydrogen) atoms. The molecule has 1 saturated heterocycles. The molecule has 1 atom stereocenters. The molecular weight excluding hydrogens is 286 g/mol. The van der Waals surface area contributed by atoms with Crippen molar-refractivity contribution in [2.24, 2.45) is 0 Å². The van der Waals surface area contributed by atoms with Crippen molar-refractivity contribution >= 4 is 0 Å². The van der Waals surface area contributed by atoms with Crippen LogP contribution in [0.1, 0.15) is 72.6 Å². The minimum absolute atomic E-state index is 0.0659. The van der Waals surface area contributed by atoms with E-state index >= 15 is 0 Å². The summed E-state index contributed by atoms with van der Waals surface area (Å²) in [7, 11) is 0. The van der Waals surface area contributed by atoms with Crippen LogP contribution >= 0.6 is 0 Å².